The molecular formula is C40H52F2N2O4. The molecule has 0 saturated heterocycles. The van der Waals surface area contributed by atoms with E-state index in [0.29, 0.717) is 38.5 Å². The fourth-order valence-electron chi connectivity index (χ4n) is 10.2. The summed E-state index contributed by atoms with van der Waals surface area (Å²) in [4.78, 5) is 26.6. The molecule has 0 radical (unpaired) electrons. The summed E-state index contributed by atoms with van der Waals surface area (Å²) in [5.74, 6) is -1.28. The van der Waals surface area contributed by atoms with Crippen LogP contribution >= 0.6 is 0 Å². The smallest absolute Gasteiger partial charge is 0.314 e. The number of ether oxygens (including phenoxy) is 2. The number of nitrogens with two attached hydrogens (primary N) is 2. The Morgan fingerprint density at radius 3 is 1.42 bits per heavy atom. The lowest BCUT2D eigenvalue weighted by molar-refractivity contribution is -0.145. The van der Waals surface area contributed by atoms with Crippen LogP contribution in [0.15, 0.2) is 24.3 Å². The zero-order valence-corrected chi connectivity index (χ0v) is 28.6. The summed E-state index contributed by atoms with van der Waals surface area (Å²) < 4.78 is 42.7. The predicted octanol–water partition coefficient (Wildman–Crippen LogP) is 7.73. The summed E-state index contributed by atoms with van der Waals surface area (Å²) in [6.07, 6.45) is 13.6. The summed E-state index contributed by atoms with van der Waals surface area (Å²) in [6.45, 7) is 4.28. The van der Waals surface area contributed by atoms with E-state index >= 15 is 8.78 Å². The van der Waals surface area contributed by atoms with Crippen molar-refractivity contribution in [1.29, 1.82) is 0 Å². The van der Waals surface area contributed by atoms with Crippen LogP contribution in [0.2, 0.25) is 0 Å². The van der Waals surface area contributed by atoms with Gasteiger partial charge in [0, 0.05) is 35.0 Å². The lowest BCUT2D eigenvalue weighted by Gasteiger charge is -2.47. The van der Waals surface area contributed by atoms with Crippen LogP contribution < -0.4 is 20.9 Å². The van der Waals surface area contributed by atoms with Crippen LogP contribution in [0, 0.1) is 35.3 Å². The Balaban J connectivity index is 0.997. The maximum atomic E-state index is 15.5. The number of hydrogen-bond donors (Lipinski definition) is 2. The number of carbonyl (C=O) groups is 2. The summed E-state index contributed by atoms with van der Waals surface area (Å²) >= 11 is 0. The van der Waals surface area contributed by atoms with E-state index in [1.54, 1.807) is 0 Å². The molecule has 2 aromatic rings. The lowest BCUT2D eigenvalue weighted by atomic mass is 9.60. The van der Waals surface area contributed by atoms with E-state index in [1.165, 1.54) is 12.1 Å². The van der Waals surface area contributed by atoms with Crippen molar-refractivity contribution >= 4 is 11.9 Å². The zero-order valence-electron chi connectivity index (χ0n) is 28.6. The van der Waals surface area contributed by atoms with Crippen LogP contribution in [0.3, 0.4) is 0 Å². The van der Waals surface area contributed by atoms with E-state index < -0.39 is 23.8 Å². The molecule has 0 aliphatic heterocycles. The van der Waals surface area contributed by atoms with Crippen molar-refractivity contribution in [2.75, 3.05) is 0 Å². The number of rotatable bonds is 4. The summed E-state index contributed by atoms with van der Waals surface area (Å²) in [7, 11) is 0. The number of halogens is 2. The zero-order chi connectivity index (χ0) is 33.8. The molecule has 260 valence electrons. The Labute approximate surface area is 283 Å². The summed E-state index contributed by atoms with van der Waals surface area (Å²) in [5.41, 5.74) is 16.1. The molecule has 2 aromatic carbocycles. The van der Waals surface area contributed by atoms with E-state index in [-0.39, 0.29) is 57.9 Å². The minimum absolute atomic E-state index is 0.0575. The minimum Gasteiger partial charge on any atom is -0.426 e. The third kappa shape index (κ3) is 5.99. The Bertz CT molecular complexity index is 1460. The van der Waals surface area contributed by atoms with Crippen molar-refractivity contribution in [3.8, 4) is 11.5 Å². The van der Waals surface area contributed by atoms with Crippen molar-refractivity contribution in [2.24, 2.45) is 35.1 Å². The Kier molecular flexibility index (Phi) is 9.20. The van der Waals surface area contributed by atoms with Gasteiger partial charge in [-0.1, -0.05) is 52.4 Å². The Morgan fingerprint density at radius 1 is 0.625 bits per heavy atom. The number of carbonyl (C=O) groups excluding carboxylic acids is 2. The van der Waals surface area contributed by atoms with Crippen LogP contribution in [0.4, 0.5) is 8.78 Å². The molecule has 48 heavy (non-hydrogen) atoms. The molecule has 4 N–H and O–H groups in total. The van der Waals surface area contributed by atoms with Crippen LogP contribution in [0.1, 0.15) is 126 Å². The number of hydrogen-bond acceptors (Lipinski definition) is 6. The predicted molar refractivity (Wildman–Crippen MR) is 181 cm³/mol. The maximum absolute atomic E-state index is 15.5. The number of fused-ring (bicyclic) bond motifs is 8. The first-order valence-corrected chi connectivity index (χ1v) is 18.6. The molecular weight excluding hydrogens is 610 g/mol. The standard InChI is InChI=1S/C40H52F2N2O4/c1-39-15-7-3-5-9-25(35(39)43)17-29-31(39)19-27(21-33(29)41)47-37(45)23-11-13-24(14-12-23)38(46)48-28-20-32-30(34(42)22-28)18-26-10-6-4-8-16-40(32,2)36(26)44/h19-26,35-36H,3-18,43-44H2,1-2H3/t23-,24-,25-,26-,35-,36-,39+,40+/m0/s1. The number of esters is 2. The van der Waals surface area contributed by atoms with Crippen LogP contribution in [-0.4, -0.2) is 24.0 Å². The van der Waals surface area contributed by atoms with Crippen molar-refractivity contribution in [1.82, 2.24) is 0 Å². The van der Waals surface area contributed by atoms with Crippen LogP contribution in [-0.2, 0) is 33.3 Å². The van der Waals surface area contributed by atoms with Gasteiger partial charge in [-0.05, 0) is 110 Å². The molecule has 4 bridgehead atoms. The van der Waals surface area contributed by atoms with E-state index in [2.05, 4.69) is 13.8 Å². The van der Waals surface area contributed by atoms with E-state index in [9.17, 15) is 9.59 Å². The van der Waals surface area contributed by atoms with Crippen molar-refractivity contribution in [2.45, 2.75) is 139 Å². The molecule has 5 aliphatic rings. The average Bonchev–Trinajstić information content (AvgIpc) is 3.06. The molecule has 0 aromatic heterocycles. The third-order valence-corrected chi connectivity index (χ3v) is 13.4. The van der Waals surface area contributed by atoms with E-state index in [0.717, 1.165) is 86.5 Å². The molecule has 7 rings (SSSR count). The fourth-order valence-corrected chi connectivity index (χ4v) is 10.2. The van der Waals surface area contributed by atoms with E-state index in [4.69, 9.17) is 20.9 Å². The van der Waals surface area contributed by atoms with Crippen molar-refractivity contribution < 1.29 is 27.8 Å². The second-order valence-corrected chi connectivity index (χ2v) is 16.3. The Morgan fingerprint density at radius 2 is 1.02 bits per heavy atom. The van der Waals surface area contributed by atoms with Gasteiger partial charge in [0.05, 0.1) is 11.8 Å². The lowest BCUT2D eigenvalue weighted by Crippen LogP contribution is -2.53. The second-order valence-electron chi connectivity index (χ2n) is 16.3. The van der Waals surface area contributed by atoms with Crippen LogP contribution in [0.25, 0.3) is 0 Å². The van der Waals surface area contributed by atoms with Gasteiger partial charge in [0.1, 0.15) is 23.1 Å². The third-order valence-electron chi connectivity index (χ3n) is 13.4. The molecule has 6 nitrogen and oxygen atoms in total. The normalized spacial score (nSPS) is 34.7. The molecule has 0 amide bonds. The summed E-state index contributed by atoms with van der Waals surface area (Å²) in [5, 5.41) is 0. The van der Waals surface area contributed by atoms with Gasteiger partial charge in [-0.15, -0.1) is 0 Å². The van der Waals surface area contributed by atoms with Crippen LogP contribution in [0.5, 0.6) is 11.5 Å². The van der Waals surface area contributed by atoms with Gasteiger partial charge < -0.3 is 20.9 Å². The van der Waals surface area contributed by atoms with Gasteiger partial charge in [-0.2, -0.15) is 0 Å². The first-order chi connectivity index (χ1) is 23.0. The summed E-state index contributed by atoms with van der Waals surface area (Å²) in [6, 6.07) is 6.27. The molecule has 0 heterocycles. The van der Waals surface area contributed by atoms with Gasteiger partial charge in [-0.25, -0.2) is 8.78 Å². The maximum Gasteiger partial charge on any atom is 0.314 e. The Hall–Kier alpha value is -2.84. The highest BCUT2D eigenvalue weighted by Crippen LogP contribution is 2.49. The van der Waals surface area contributed by atoms with Gasteiger partial charge >= 0.3 is 11.9 Å². The second kappa shape index (κ2) is 13.1. The van der Waals surface area contributed by atoms with Crippen molar-refractivity contribution in [3.05, 3.63) is 58.2 Å². The van der Waals surface area contributed by atoms with Gasteiger partial charge in [0.15, 0.2) is 0 Å². The number of benzene rings is 2. The molecule has 3 fully saturated rings. The monoisotopic (exact) mass is 662 g/mol. The van der Waals surface area contributed by atoms with E-state index in [1.807, 2.05) is 12.1 Å². The highest BCUT2D eigenvalue weighted by molar-refractivity contribution is 5.78. The van der Waals surface area contributed by atoms with Gasteiger partial charge in [0.2, 0.25) is 0 Å². The molecule has 3 saturated carbocycles. The minimum atomic E-state index is -0.402. The first-order valence-electron chi connectivity index (χ1n) is 18.6. The molecule has 8 heteroatoms. The topological polar surface area (TPSA) is 105 Å². The SMILES string of the molecule is C[C@@]12CCCCC[C@@H](Cc3c(F)cc(OC(=O)[C@H]4CC[C@H](C(=O)Oc5cc(F)c6c(c5)[C@@]5(C)CCCCC[C@@H](C6)[C@@H]5N)CC4)cc31)[C@@H]2N. The highest BCUT2D eigenvalue weighted by Gasteiger charge is 2.46. The van der Waals surface area contributed by atoms with Gasteiger partial charge in [-0.3, -0.25) is 9.59 Å². The highest BCUT2D eigenvalue weighted by atomic mass is 19.1. The van der Waals surface area contributed by atoms with Crippen molar-refractivity contribution in [3.63, 3.8) is 0 Å². The molecule has 0 spiro atoms. The largest absolute Gasteiger partial charge is 0.426 e. The fraction of sp³-hybridized carbons (Fsp3) is 0.650. The first kappa shape index (κ1) is 33.6. The molecule has 0 unspecified atom stereocenters. The molecule has 5 aliphatic carbocycles. The quantitative estimate of drug-likeness (QED) is 0.257. The molecule has 6 atom stereocenters. The van der Waals surface area contributed by atoms with Gasteiger partial charge in [0.25, 0.3) is 0 Å². The average molecular weight is 663 g/mol.